The first-order chi connectivity index (χ1) is 9.74. The van der Waals surface area contributed by atoms with E-state index in [9.17, 15) is 4.79 Å². The van der Waals surface area contributed by atoms with Crippen LogP contribution in [0.4, 0.5) is 0 Å². The smallest absolute Gasteiger partial charge is 0.237 e. The average Bonchev–Trinajstić information content (AvgIpc) is 2.49. The predicted molar refractivity (Wildman–Crippen MR) is 80.1 cm³/mol. The van der Waals surface area contributed by atoms with Gasteiger partial charge in [0.1, 0.15) is 5.75 Å². The van der Waals surface area contributed by atoms with E-state index in [0.717, 1.165) is 25.1 Å². The fraction of sp³-hybridized carbons (Fsp3) is 0.562. The second-order valence-electron chi connectivity index (χ2n) is 5.12. The van der Waals surface area contributed by atoms with E-state index in [1.165, 1.54) is 5.56 Å². The molecule has 0 aliphatic carbocycles. The van der Waals surface area contributed by atoms with Crippen LogP contribution in [0.5, 0.6) is 5.75 Å². The molecular formula is C16H24N2O2. The Hall–Kier alpha value is -1.55. The molecule has 2 N–H and O–H groups in total. The van der Waals surface area contributed by atoms with Gasteiger partial charge >= 0.3 is 0 Å². The lowest BCUT2D eigenvalue weighted by atomic mass is 9.86. The van der Waals surface area contributed by atoms with Crippen molar-refractivity contribution in [3.05, 3.63) is 29.8 Å². The molecule has 0 aromatic heterocycles. The van der Waals surface area contributed by atoms with Crippen LogP contribution in [0.25, 0.3) is 0 Å². The molecule has 4 nitrogen and oxygen atoms in total. The second-order valence-corrected chi connectivity index (χ2v) is 5.12. The first-order valence-corrected chi connectivity index (χ1v) is 7.48. The van der Waals surface area contributed by atoms with E-state index in [4.69, 9.17) is 4.74 Å². The zero-order valence-electron chi connectivity index (χ0n) is 12.3. The monoisotopic (exact) mass is 276 g/mol. The Kier molecular flexibility index (Phi) is 5.41. The van der Waals surface area contributed by atoms with Crippen LogP contribution >= 0.6 is 0 Å². The van der Waals surface area contributed by atoms with Crippen LogP contribution in [-0.4, -0.2) is 31.6 Å². The Bertz CT molecular complexity index is 431. The number of rotatable bonds is 5. The van der Waals surface area contributed by atoms with E-state index < -0.39 is 0 Å². The van der Waals surface area contributed by atoms with Crippen molar-refractivity contribution in [2.75, 3.05) is 19.7 Å². The van der Waals surface area contributed by atoms with Gasteiger partial charge in [0, 0.05) is 6.54 Å². The summed E-state index contributed by atoms with van der Waals surface area (Å²) < 4.78 is 5.46. The summed E-state index contributed by atoms with van der Waals surface area (Å²) in [5.41, 5.74) is 1.30. The van der Waals surface area contributed by atoms with Crippen LogP contribution in [0.1, 0.15) is 38.2 Å². The molecule has 1 amide bonds. The highest BCUT2D eigenvalue weighted by atomic mass is 16.5. The molecule has 20 heavy (non-hydrogen) atoms. The van der Waals surface area contributed by atoms with Gasteiger partial charge in [-0.15, -0.1) is 0 Å². The molecule has 0 radical (unpaired) electrons. The van der Waals surface area contributed by atoms with Crippen LogP contribution < -0.4 is 15.4 Å². The Balaban J connectivity index is 1.99. The van der Waals surface area contributed by atoms with Gasteiger partial charge in [0.15, 0.2) is 0 Å². The van der Waals surface area contributed by atoms with Crippen molar-refractivity contribution in [2.24, 2.45) is 0 Å². The number of hydrogen-bond acceptors (Lipinski definition) is 3. The number of hydrogen-bond donors (Lipinski definition) is 2. The molecule has 1 aliphatic rings. The lowest BCUT2D eigenvalue weighted by Gasteiger charge is -2.29. The van der Waals surface area contributed by atoms with Gasteiger partial charge in [-0.2, -0.15) is 0 Å². The zero-order valence-corrected chi connectivity index (χ0v) is 12.3. The minimum atomic E-state index is -0.0692. The summed E-state index contributed by atoms with van der Waals surface area (Å²) in [6.07, 6.45) is 1.93. The maximum atomic E-state index is 11.9. The normalized spacial score (nSPS) is 22.3. The highest BCUT2D eigenvalue weighted by molar-refractivity contribution is 5.81. The Morgan fingerprint density at radius 2 is 2.10 bits per heavy atom. The summed E-state index contributed by atoms with van der Waals surface area (Å²) in [4.78, 5) is 11.9. The number of carbonyl (C=O) groups excluding carboxylic acids is 1. The van der Waals surface area contributed by atoms with E-state index in [-0.39, 0.29) is 11.9 Å². The van der Waals surface area contributed by atoms with E-state index in [0.29, 0.717) is 19.1 Å². The van der Waals surface area contributed by atoms with Crippen LogP contribution in [0.15, 0.2) is 24.3 Å². The topological polar surface area (TPSA) is 50.4 Å². The molecule has 1 fully saturated rings. The highest BCUT2D eigenvalue weighted by Crippen LogP contribution is 2.29. The third-order valence-electron chi connectivity index (χ3n) is 3.73. The largest absolute Gasteiger partial charge is 0.494 e. The van der Waals surface area contributed by atoms with Crippen molar-refractivity contribution in [2.45, 2.75) is 38.6 Å². The molecule has 4 heteroatoms. The number of nitrogens with one attached hydrogen (secondary N) is 2. The molecule has 1 aliphatic heterocycles. The Morgan fingerprint density at radius 3 is 2.75 bits per heavy atom. The fourth-order valence-corrected chi connectivity index (χ4v) is 2.72. The minimum Gasteiger partial charge on any atom is -0.494 e. The van der Waals surface area contributed by atoms with Crippen LogP contribution in [0.3, 0.4) is 0 Å². The van der Waals surface area contributed by atoms with E-state index in [2.05, 4.69) is 22.8 Å². The summed E-state index contributed by atoms with van der Waals surface area (Å²) in [6, 6.07) is 8.20. The summed E-state index contributed by atoms with van der Waals surface area (Å²) in [7, 11) is 0. The van der Waals surface area contributed by atoms with Crippen molar-refractivity contribution in [3.8, 4) is 5.75 Å². The van der Waals surface area contributed by atoms with Crippen LogP contribution in [0.2, 0.25) is 0 Å². The summed E-state index contributed by atoms with van der Waals surface area (Å²) in [6.45, 7) is 6.19. The summed E-state index contributed by atoms with van der Waals surface area (Å²) in [5.74, 6) is 1.47. The Morgan fingerprint density at radius 1 is 1.35 bits per heavy atom. The second kappa shape index (κ2) is 7.29. The molecule has 2 rings (SSSR count). The lowest BCUT2D eigenvalue weighted by Crippen LogP contribution is -2.48. The molecule has 1 heterocycles. The van der Waals surface area contributed by atoms with E-state index >= 15 is 0 Å². The lowest BCUT2D eigenvalue weighted by molar-refractivity contribution is -0.123. The molecule has 0 bridgehead atoms. The molecule has 1 aromatic rings. The van der Waals surface area contributed by atoms with Gasteiger partial charge in [0.25, 0.3) is 0 Å². The average molecular weight is 276 g/mol. The van der Waals surface area contributed by atoms with Crippen LogP contribution in [-0.2, 0) is 4.79 Å². The SMILES string of the molecule is CCNC(=O)C1CC(c2ccc(OCC)cc2)CCN1. The minimum absolute atomic E-state index is 0.0692. The first-order valence-electron chi connectivity index (χ1n) is 7.48. The van der Waals surface area contributed by atoms with Crippen molar-refractivity contribution < 1.29 is 9.53 Å². The Labute approximate surface area is 120 Å². The molecule has 1 saturated heterocycles. The van der Waals surface area contributed by atoms with Gasteiger partial charge in [0.05, 0.1) is 12.6 Å². The maximum absolute atomic E-state index is 11.9. The third kappa shape index (κ3) is 3.73. The number of benzene rings is 1. The van der Waals surface area contributed by atoms with Gasteiger partial charge in [-0.3, -0.25) is 4.79 Å². The third-order valence-corrected chi connectivity index (χ3v) is 3.73. The molecular weight excluding hydrogens is 252 g/mol. The van der Waals surface area contributed by atoms with Gasteiger partial charge in [0.2, 0.25) is 5.91 Å². The number of carbonyl (C=O) groups is 1. The quantitative estimate of drug-likeness (QED) is 0.865. The predicted octanol–water partition coefficient (Wildman–Crippen LogP) is 2.06. The molecule has 1 aromatic carbocycles. The van der Waals surface area contributed by atoms with Gasteiger partial charge in [-0.1, -0.05) is 12.1 Å². The molecule has 0 saturated carbocycles. The number of piperidine rings is 1. The molecule has 0 spiro atoms. The van der Waals surface area contributed by atoms with Crippen molar-refractivity contribution >= 4 is 5.91 Å². The van der Waals surface area contributed by atoms with E-state index in [1.54, 1.807) is 0 Å². The van der Waals surface area contributed by atoms with Crippen molar-refractivity contribution in [1.29, 1.82) is 0 Å². The van der Waals surface area contributed by atoms with E-state index in [1.807, 2.05) is 26.0 Å². The molecule has 110 valence electrons. The maximum Gasteiger partial charge on any atom is 0.237 e. The summed E-state index contributed by atoms with van der Waals surface area (Å²) in [5, 5.41) is 6.19. The van der Waals surface area contributed by atoms with Crippen molar-refractivity contribution in [1.82, 2.24) is 10.6 Å². The standard InChI is InChI=1S/C16H24N2O2/c1-3-17-16(19)15-11-13(9-10-18-15)12-5-7-14(8-6-12)20-4-2/h5-8,13,15,18H,3-4,9-11H2,1-2H3,(H,17,19). The van der Waals surface area contributed by atoms with Crippen LogP contribution in [0, 0.1) is 0 Å². The van der Waals surface area contributed by atoms with Gasteiger partial charge in [-0.05, 0) is 56.8 Å². The molecule has 2 atom stereocenters. The number of amides is 1. The first kappa shape index (κ1) is 14.9. The number of ether oxygens (including phenoxy) is 1. The zero-order chi connectivity index (χ0) is 14.4. The van der Waals surface area contributed by atoms with Crippen molar-refractivity contribution in [3.63, 3.8) is 0 Å². The molecule has 2 unspecified atom stereocenters. The fourth-order valence-electron chi connectivity index (χ4n) is 2.72. The summed E-state index contributed by atoms with van der Waals surface area (Å²) >= 11 is 0. The van der Waals surface area contributed by atoms with Gasteiger partial charge < -0.3 is 15.4 Å². The number of likely N-dealkylation sites (N-methyl/N-ethyl adjacent to an activating group) is 1. The highest BCUT2D eigenvalue weighted by Gasteiger charge is 2.27. The van der Waals surface area contributed by atoms with Gasteiger partial charge in [-0.25, -0.2) is 0 Å².